The van der Waals surface area contributed by atoms with E-state index in [4.69, 9.17) is 34.8 Å². The van der Waals surface area contributed by atoms with E-state index in [2.05, 4.69) is 5.43 Å². The summed E-state index contributed by atoms with van der Waals surface area (Å²) >= 11 is 11.8. The molecule has 0 aliphatic heterocycles. The lowest BCUT2D eigenvalue weighted by molar-refractivity contribution is 0.550. The molecule has 1 atom stereocenters. The van der Waals surface area contributed by atoms with E-state index in [1.807, 2.05) is 0 Å². The molecule has 0 amide bonds. The van der Waals surface area contributed by atoms with Crippen molar-refractivity contribution in [3.63, 3.8) is 0 Å². The molecular weight excluding hydrogens is 300 g/mol. The van der Waals surface area contributed by atoms with Gasteiger partial charge in [0.2, 0.25) is 0 Å². The molecule has 1 unspecified atom stereocenters. The Balaban J connectivity index is 2.31. The number of anilines is 1. The van der Waals surface area contributed by atoms with E-state index < -0.39 is 5.82 Å². The molecule has 20 heavy (non-hydrogen) atoms. The second-order valence-corrected chi connectivity index (χ2v) is 5.22. The van der Waals surface area contributed by atoms with Gasteiger partial charge in [-0.15, -0.1) is 0 Å². The molecule has 0 spiro atoms. The van der Waals surface area contributed by atoms with Crippen LogP contribution in [0, 0.1) is 5.82 Å². The van der Waals surface area contributed by atoms with Gasteiger partial charge in [0.1, 0.15) is 5.82 Å². The summed E-state index contributed by atoms with van der Waals surface area (Å²) < 4.78 is 13.4. The van der Waals surface area contributed by atoms with Crippen molar-refractivity contribution in [2.45, 2.75) is 12.5 Å². The summed E-state index contributed by atoms with van der Waals surface area (Å²) in [5.74, 6) is 5.12. The van der Waals surface area contributed by atoms with E-state index in [1.165, 1.54) is 6.07 Å². The normalized spacial score (nSPS) is 12.4. The maximum atomic E-state index is 13.4. The molecule has 0 saturated carbocycles. The van der Waals surface area contributed by atoms with Crippen LogP contribution in [0.15, 0.2) is 36.4 Å². The maximum Gasteiger partial charge on any atom is 0.142 e. The van der Waals surface area contributed by atoms with Crippen LogP contribution >= 0.6 is 23.2 Å². The third kappa shape index (κ3) is 3.22. The van der Waals surface area contributed by atoms with Crippen LogP contribution in [0.25, 0.3) is 0 Å². The smallest absolute Gasteiger partial charge is 0.142 e. The molecule has 2 aromatic carbocycles. The summed E-state index contributed by atoms with van der Waals surface area (Å²) in [5, 5.41) is 0.645. The van der Waals surface area contributed by atoms with E-state index >= 15 is 0 Å². The van der Waals surface area contributed by atoms with Gasteiger partial charge in [0.05, 0.1) is 11.1 Å². The second-order valence-electron chi connectivity index (χ2n) is 4.41. The van der Waals surface area contributed by atoms with Gasteiger partial charge in [-0.05, 0) is 35.7 Å². The molecule has 0 heterocycles. The third-order valence-electron chi connectivity index (χ3n) is 3.08. The van der Waals surface area contributed by atoms with Crippen molar-refractivity contribution >= 4 is 28.9 Å². The van der Waals surface area contributed by atoms with Crippen LogP contribution in [0.1, 0.15) is 17.2 Å². The monoisotopic (exact) mass is 313 g/mol. The maximum absolute atomic E-state index is 13.4. The van der Waals surface area contributed by atoms with Crippen LogP contribution in [-0.4, -0.2) is 0 Å². The average molecular weight is 314 g/mol. The second kappa shape index (κ2) is 6.41. The quantitative estimate of drug-likeness (QED) is 0.460. The van der Waals surface area contributed by atoms with Gasteiger partial charge in [-0.25, -0.2) is 4.39 Å². The summed E-state index contributed by atoms with van der Waals surface area (Å²) in [7, 11) is 0. The Bertz CT molecular complexity index is 619. The summed E-state index contributed by atoms with van der Waals surface area (Å²) in [4.78, 5) is 0. The lowest BCUT2D eigenvalue weighted by atomic mass is 9.98. The SMILES string of the molecule is NNC(Cc1cccc(F)c1Cl)c1ccc(Cl)cc1N. The van der Waals surface area contributed by atoms with Crippen molar-refractivity contribution in [1.82, 2.24) is 5.43 Å². The molecule has 0 aromatic heterocycles. The number of nitrogen functional groups attached to an aromatic ring is 1. The zero-order chi connectivity index (χ0) is 14.7. The van der Waals surface area contributed by atoms with Crippen molar-refractivity contribution in [3.05, 3.63) is 63.4 Å². The Morgan fingerprint density at radius 1 is 1.20 bits per heavy atom. The van der Waals surface area contributed by atoms with Crippen LogP contribution in [0.2, 0.25) is 10.0 Å². The van der Waals surface area contributed by atoms with Crippen molar-refractivity contribution in [2.24, 2.45) is 5.84 Å². The molecule has 106 valence electrons. The van der Waals surface area contributed by atoms with Gasteiger partial charge < -0.3 is 5.73 Å². The summed E-state index contributed by atoms with van der Waals surface area (Å²) in [5.41, 5.74) is 10.6. The summed E-state index contributed by atoms with van der Waals surface area (Å²) in [6.07, 6.45) is 0.416. The molecule has 0 fully saturated rings. The molecule has 0 aliphatic rings. The molecule has 0 saturated heterocycles. The summed E-state index contributed by atoms with van der Waals surface area (Å²) in [6.45, 7) is 0. The molecule has 0 aliphatic carbocycles. The van der Waals surface area contributed by atoms with E-state index in [-0.39, 0.29) is 11.1 Å². The van der Waals surface area contributed by atoms with Gasteiger partial charge in [0, 0.05) is 10.7 Å². The van der Waals surface area contributed by atoms with Gasteiger partial charge >= 0.3 is 0 Å². The van der Waals surface area contributed by atoms with Gasteiger partial charge in [-0.2, -0.15) is 0 Å². The highest BCUT2D eigenvalue weighted by atomic mass is 35.5. The van der Waals surface area contributed by atoms with Gasteiger partial charge in [-0.3, -0.25) is 11.3 Å². The molecule has 2 aromatic rings. The first-order valence-electron chi connectivity index (χ1n) is 5.97. The zero-order valence-corrected chi connectivity index (χ0v) is 12.0. The Hall–Kier alpha value is -1.33. The molecule has 0 bridgehead atoms. The Morgan fingerprint density at radius 3 is 2.60 bits per heavy atom. The minimum atomic E-state index is -0.455. The fraction of sp³-hybridized carbons (Fsp3) is 0.143. The highest BCUT2D eigenvalue weighted by molar-refractivity contribution is 6.31. The van der Waals surface area contributed by atoms with Crippen LogP contribution in [0.3, 0.4) is 0 Å². The third-order valence-corrected chi connectivity index (χ3v) is 3.74. The number of hydrogen-bond acceptors (Lipinski definition) is 3. The average Bonchev–Trinajstić information content (AvgIpc) is 2.41. The van der Waals surface area contributed by atoms with Gasteiger partial charge in [0.15, 0.2) is 0 Å². The molecule has 6 heteroatoms. The first-order valence-corrected chi connectivity index (χ1v) is 6.72. The number of hydrogen-bond donors (Lipinski definition) is 3. The fourth-order valence-corrected chi connectivity index (χ4v) is 2.43. The lowest BCUT2D eigenvalue weighted by Gasteiger charge is -2.19. The predicted molar refractivity (Wildman–Crippen MR) is 81.0 cm³/mol. The molecule has 2 rings (SSSR count). The molecule has 3 nitrogen and oxygen atoms in total. The van der Waals surface area contributed by atoms with Crippen LogP contribution in [-0.2, 0) is 6.42 Å². The van der Waals surface area contributed by atoms with Crippen LogP contribution in [0.5, 0.6) is 0 Å². The number of nitrogens with one attached hydrogen (secondary N) is 1. The molecular formula is C14H14Cl2FN3. The van der Waals surface area contributed by atoms with Gasteiger partial charge in [0.25, 0.3) is 0 Å². The van der Waals surface area contributed by atoms with Crippen molar-refractivity contribution in [1.29, 1.82) is 0 Å². The largest absolute Gasteiger partial charge is 0.398 e. The lowest BCUT2D eigenvalue weighted by Crippen LogP contribution is -2.30. The summed E-state index contributed by atoms with van der Waals surface area (Å²) in [6, 6.07) is 9.55. The highest BCUT2D eigenvalue weighted by Gasteiger charge is 2.16. The zero-order valence-electron chi connectivity index (χ0n) is 10.5. The van der Waals surface area contributed by atoms with E-state index in [9.17, 15) is 4.39 Å². The van der Waals surface area contributed by atoms with Crippen molar-refractivity contribution in [3.8, 4) is 0 Å². The first kappa shape index (κ1) is 15.1. The number of nitrogens with two attached hydrogens (primary N) is 2. The van der Waals surface area contributed by atoms with Crippen LogP contribution in [0.4, 0.5) is 10.1 Å². The van der Waals surface area contributed by atoms with E-state index in [0.717, 1.165) is 5.56 Å². The first-order chi connectivity index (χ1) is 9.52. The van der Waals surface area contributed by atoms with Gasteiger partial charge in [-0.1, -0.05) is 41.4 Å². The number of rotatable bonds is 4. The molecule has 5 N–H and O–H groups in total. The van der Waals surface area contributed by atoms with Crippen LogP contribution < -0.4 is 17.0 Å². The van der Waals surface area contributed by atoms with Crippen molar-refractivity contribution < 1.29 is 4.39 Å². The van der Waals surface area contributed by atoms with E-state index in [1.54, 1.807) is 30.3 Å². The van der Waals surface area contributed by atoms with E-state index in [0.29, 0.717) is 22.7 Å². The Labute approximate surface area is 126 Å². The minimum absolute atomic E-state index is 0.0975. The topological polar surface area (TPSA) is 64.1 Å². The fourth-order valence-electron chi connectivity index (χ4n) is 2.05. The minimum Gasteiger partial charge on any atom is -0.398 e. The number of halogens is 3. The molecule has 0 radical (unpaired) electrons. The number of hydrazine groups is 1. The Kier molecular flexibility index (Phi) is 4.83. The standard InChI is InChI=1S/C14H14Cl2FN3/c15-9-4-5-10(12(18)7-9)13(20-19)6-8-2-1-3-11(17)14(8)16/h1-5,7,13,20H,6,18-19H2. The predicted octanol–water partition coefficient (Wildman–Crippen LogP) is 3.46. The number of benzene rings is 2. The van der Waals surface area contributed by atoms with Crippen molar-refractivity contribution in [2.75, 3.05) is 5.73 Å². The highest BCUT2D eigenvalue weighted by Crippen LogP contribution is 2.29. The Morgan fingerprint density at radius 2 is 1.95 bits per heavy atom.